The van der Waals surface area contributed by atoms with Crippen LogP contribution in [0.15, 0.2) is 170 Å². The van der Waals surface area contributed by atoms with Gasteiger partial charge in [0.25, 0.3) is 0 Å². The van der Waals surface area contributed by atoms with E-state index in [0.717, 1.165) is 17.8 Å². The van der Waals surface area contributed by atoms with Crippen molar-refractivity contribution in [3.8, 4) is 0 Å². The van der Waals surface area contributed by atoms with E-state index in [1.807, 2.05) is 0 Å². The molecule has 0 amide bonds. The van der Waals surface area contributed by atoms with Crippen LogP contribution in [0.1, 0.15) is 88.1 Å². The van der Waals surface area contributed by atoms with E-state index >= 15 is 0 Å². The maximum Gasteiger partial charge on any atom is 0.0546 e. The summed E-state index contributed by atoms with van der Waals surface area (Å²) in [6, 6.07) is 63.6. The molecule has 8 aromatic rings. The first kappa shape index (κ1) is 36.3. The highest BCUT2D eigenvalue weighted by Crippen LogP contribution is 2.47. The molecule has 0 aromatic heterocycles. The molecule has 0 N–H and O–H groups in total. The van der Waals surface area contributed by atoms with E-state index in [0.29, 0.717) is 5.92 Å². The molecule has 0 aliphatic carbocycles. The molecule has 55 heavy (non-hydrogen) atoms. The maximum atomic E-state index is 2.53. The lowest BCUT2D eigenvalue weighted by atomic mass is 9.76. The molecular weight excluding hydrogens is 663 g/mol. The molecule has 0 saturated carbocycles. The average Bonchev–Trinajstić information content (AvgIpc) is 3.20. The first-order chi connectivity index (χ1) is 26.5. The van der Waals surface area contributed by atoms with Crippen molar-refractivity contribution in [2.24, 2.45) is 0 Å². The third-order valence-electron chi connectivity index (χ3n) is 11.7. The van der Waals surface area contributed by atoms with Gasteiger partial charge in [-0.25, -0.2) is 0 Å². The van der Waals surface area contributed by atoms with Crippen molar-refractivity contribution < 1.29 is 0 Å². The van der Waals surface area contributed by atoms with E-state index < -0.39 is 0 Å². The standard InChI is InChI=1S/C54H53N/c1-37(48(39-18-10-8-11-19-39)34-38-26-28-40(29-27-38)53(2,3)4)49-35-50-46-24-16-17-25-47(46)52(36-51(50)45-23-15-14-22-44(45)49)55(42-20-12-9-13-21-42)43-32-30-41(31-33-43)54(5,6)7/h8-33,35-37,48H,34H2,1-7H3. The smallest absolute Gasteiger partial charge is 0.0546 e. The van der Waals surface area contributed by atoms with Crippen LogP contribution < -0.4 is 4.90 Å². The van der Waals surface area contributed by atoms with Crippen molar-refractivity contribution in [3.05, 3.63) is 198 Å². The quantitative estimate of drug-likeness (QED) is 0.142. The molecular formula is C54H53N. The summed E-state index contributed by atoms with van der Waals surface area (Å²) in [6.07, 6.45) is 0.974. The fraction of sp³-hybridized carbons (Fsp3) is 0.222. The van der Waals surface area contributed by atoms with E-state index in [1.54, 1.807) is 0 Å². The summed E-state index contributed by atoms with van der Waals surface area (Å²) in [6.45, 7) is 16.2. The van der Waals surface area contributed by atoms with Crippen molar-refractivity contribution in [1.29, 1.82) is 0 Å². The summed E-state index contributed by atoms with van der Waals surface area (Å²) in [5.41, 5.74) is 10.6. The summed E-state index contributed by atoms with van der Waals surface area (Å²) in [4.78, 5) is 2.44. The summed E-state index contributed by atoms with van der Waals surface area (Å²) in [7, 11) is 0. The third kappa shape index (κ3) is 7.17. The summed E-state index contributed by atoms with van der Waals surface area (Å²) < 4.78 is 0. The second-order valence-corrected chi connectivity index (χ2v) is 17.5. The predicted molar refractivity (Wildman–Crippen MR) is 239 cm³/mol. The van der Waals surface area contributed by atoms with Gasteiger partial charge in [-0.15, -0.1) is 0 Å². The lowest BCUT2D eigenvalue weighted by molar-refractivity contribution is 0.573. The fourth-order valence-corrected chi connectivity index (χ4v) is 8.53. The second kappa shape index (κ2) is 14.5. The first-order valence-electron chi connectivity index (χ1n) is 19.9. The topological polar surface area (TPSA) is 3.24 Å². The molecule has 0 radical (unpaired) electrons. The van der Waals surface area contributed by atoms with E-state index in [4.69, 9.17) is 0 Å². The molecule has 2 unspecified atom stereocenters. The third-order valence-corrected chi connectivity index (χ3v) is 11.7. The van der Waals surface area contributed by atoms with Crippen molar-refractivity contribution in [3.63, 3.8) is 0 Å². The molecule has 1 nitrogen and oxygen atoms in total. The van der Waals surface area contributed by atoms with Crippen LogP contribution in [-0.2, 0) is 17.3 Å². The van der Waals surface area contributed by atoms with Crippen molar-refractivity contribution in [2.45, 2.75) is 77.6 Å². The summed E-state index contributed by atoms with van der Waals surface area (Å²) in [5, 5.41) is 7.72. The number of hydrogen-bond acceptors (Lipinski definition) is 1. The largest absolute Gasteiger partial charge is 0.310 e. The Kier molecular flexibility index (Phi) is 9.60. The molecule has 8 rings (SSSR count). The summed E-state index contributed by atoms with van der Waals surface area (Å²) >= 11 is 0. The van der Waals surface area contributed by atoms with Crippen molar-refractivity contribution in [1.82, 2.24) is 0 Å². The van der Waals surface area contributed by atoms with E-state index in [2.05, 4.69) is 223 Å². The molecule has 0 heterocycles. The van der Waals surface area contributed by atoms with Crippen molar-refractivity contribution >= 4 is 49.4 Å². The van der Waals surface area contributed by atoms with Crippen LogP contribution in [0.4, 0.5) is 17.1 Å². The number of nitrogens with zero attached hydrogens (tertiary/aromatic N) is 1. The minimum absolute atomic E-state index is 0.0793. The van der Waals surface area contributed by atoms with Gasteiger partial charge in [0, 0.05) is 16.8 Å². The first-order valence-corrected chi connectivity index (χ1v) is 19.9. The monoisotopic (exact) mass is 715 g/mol. The molecule has 0 spiro atoms. The van der Waals surface area contributed by atoms with E-state index in [9.17, 15) is 0 Å². The minimum atomic E-state index is 0.0793. The van der Waals surface area contributed by atoms with Crippen LogP contribution in [0.5, 0.6) is 0 Å². The zero-order valence-electron chi connectivity index (χ0n) is 33.5. The maximum absolute atomic E-state index is 2.53. The molecule has 1 heteroatoms. The van der Waals surface area contributed by atoms with Crippen LogP contribution >= 0.6 is 0 Å². The number of hydrogen-bond donors (Lipinski definition) is 0. The Balaban J connectivity index is 1.32. The molecule has 0 saturated heterocycles. The fourth-order valence-electron chi connectivity index (χ4n) is 8.53. The Labute approximate surface area is 328 Å². The van der Waals surface area contributed by atoms with Gasteiger partial charge in [-0.05, 0) is 120 Å². The van der Waals surface area contributed by atoms with Gasteiger partial charge in [0.2, 0.25) is 0 Å². The highest BCUT2D eigenvalue weighted by atomic mass is 15.1. The molecule has 0 fully saturated rings. The Hall–Kier alpha value is -5.66. The van der Waals surface area contributed by atoms with Gasteiger partial charge in [0.05, 0.1) is 5.69 Å². The van der Waals surface area contributed by atoms with Crippen molar-refractivity contribution in [2.75, 3.05) is 4.90 Å². The van der Waals surface area contributed by atoms with Gasteiger partial charge >= 0.3 is 0 Å². The molecule has 0 aliphatic rings. The zero-order chi connectivity index (χ0) is 38.3. The number of fused-ring (bicyclic) bond motifs is 5. The zero-order valence-corrected chi connectivity index (χ0v) is 33.5. The van der Waals surface area contributed by atoms with Crippen LogP contribution in [-0.4, -0.2) is 0 Å². The van der Waals surface area contributed by atoms with Gasteiger partial charge in [-0.3, -0.25) is 0 Å². The van der Waals surface area contributed by atoms with Gasteiger partial charge < -0.3 is 4.90 Å². The highest BCUT2D eigenvalue weighted by molar-refractivity contribution is 6.22. The Morgan fingerprint density at radius 3 is 1.47 bits per heavy atom. The van der Waals surface area contributed by atoms with Crippen LogP contribution in [0.2, 0.25) is 0 Å². The van der Waals surface area contributed by atoms with Gasteiger partial charge in [-0.1, -0.05) is 182 Å². The molecule has 0 bridgehead atoms. The normalized spacial score (nSPS) is 13.3. The number of anilines is 3. The van der Waals surface area contributed by atoms with Crippen LogP contribution in [0.3, 0.4) is 0 Å². The SMILES string of the molecule is CC(c1cc2c3ccccc3c(N(c3ccccc3)c3ccc(C(C)(C)C)cc3)cc2c2ccccc12)C(Cc1ccc(C(C)(C)C)cc1)c1ccccc1. The minimum Gasteiger partial charge on any atom is -0.310 e. The molecule has 8 aromatic carbocycles. The number of para-hydroxylation sites is 1. The second-order valence-electron chi connectivity index (χ2n) is 17.5. The van der Waals surface area contributed by atoms with E-state index in [1.165, 1.54) is 65.8 Å². The van der Waals surface area contributed by atoms with Gasteiger partial charge in [0.15, 0.2) is 0 Å². The molecule has 2 atom stereocenters. The number of rotatable bonds is 8. The lowest BCUT2D eigenvalue weighted by Crippen LogP contribution is -2.14. The van der Waals surface area contributed by atoms with E-state index in [-0.39, 0.29) is 16.7 Å². The summed E-state index contributed by atoms with van der Waals surface area (Å²) in [5.74, 6) is 0.567. The average molecular weight is 716 g/mol. The Bertz CT molecular complexity index is 2570. The van der Waals surface area contributed by atoms with Crippen LogP contribution in [0, 0.1) is 0 Å². The highest BCUT2D eigenvalue weighted by Gasteiger charge is 2.26. The lowest BCUT2D eigenvalue weighted by Gasteiger charge is -2.30. The molecule has 0 aliphatic heterocycles. The predicted octanol–water partition coefficient (Wildman–Crippen LogP) is 15.3. The Morgan fingerprint density at radius 1 is 0.436 bits per heavy atom. The van der Waals surface area contributed by atoms with Gasteiger partial charge in [-0.2, -0.15) is 0 Å². The van der Waals surface area contributed by atoms with Crippen LogP contribution in [0.25, 0.3) is 32.3 Å². The molecule has 274 valence electrons. The van der Waals surface area contributed by atoms with Gasteiger partial charge in [0.1, 0.15) is 0 Å². The Morgan fingerprint density at radius 2 is 0.891 bits per heavy atom. The number of benzene rings is 8.